The van der Waals surface area contributed by atoms with E-state index >= 15 is 0 Å². The molecule has 12 heteroatoms. The van der Waals surface area contributed by atoms with Gasteiger partial charge in [0, 0.05) is 13.5 Å². The second kappa shape index (κ2) is 13.3. The lowest BCUT2D eigenvalue weighted by Gasteiger charge is -2.18. The first-order valence-corrected chi connectivity index (χ1v) is 10.8. The fourth-order valence-corrected chi connectivity index (χ4v) is 3.25. The van der Waals surface area contributed by atoms with Crippen molar-refractivity contribution in [1.29, 1.82) is 5.26 Å². The number of nitriles is 1. The van der Waals surface area contributed by atoms with Crippen LogP contribution in [0.25, 0.3) is 6.08 Å². The van der Waals surface area contributed by atoms with Crippen LogP contribution in [-0.4, -0.2) is 66.4 Å². The lowest BCUT2D eigenvalue weighted by molar-refractivity contribution is -0.155. The highest BCUT2D eigenvalue weighted by Crippen LogP contribution is 2.18. The monoisotopic (exact) mass is 503 g/mol. The third-order valence-corrected chi connectivity index (χ3v) is 4.96. The molecule has 0 heterocycles. The van der Waals surface area contributed by atoms with E-state index in [-0.39, 0.29) is 19.4 Å². The van der Waals surface area contributed by atoms with Crippen LogP contribution in [0.3, 0.4) is 0 Å². The number of amides is 2. The van der Waals surface area contributed by atoms with Crippen LogP contribution in [0.4, 0.5) is 18.0 Å². The predicted molar refractivity (Wildman–Crippen MR) is 126 cm³/mol. The first-order chi connectivity index (χ1) is 17.0. The number of alkyl carbamates (subject to hydrolysis) is 1. The zero-order valence-corrected chi connectivity index (χ0v) is 19.4. The van der Waals surface area contributed by atoms with E-state index in [9.17, 15) is 38.1 Å². The van der Waals surface area contributed by atoms with Crippen molar-refractivity contribution in [2.75, 3.05) is 20.2 Å². The zero-order chi connectivity index (χ0) is 26.7. The fraction of sp³-hybridized carbons (Fsp3) is 0.292. The molecule has 0 fully saturated rings. The normalized spacial score (nSPS) is 12.3. The van der Waals surface area contributed by atoms with Gasteiger partial charge in [-0.1, -0.05) is 54.6 Å². The van der Waals surface area contributed by atoms with Crippen molar-refractivity contribution in [2.45, 2.75) is 25.0 Å². The van der Waals surface area contributed by atoms with Gasteiger partial charge in [-0.15, -0.1) is 0 Å². The highest BCUT2D eigenvalue weighted by molar-refractivity contribution is 6.43. The second-order valence-corrected chi connectivity index (χ2v) is 7.93. The minimum absolute atomic E-state index is 0.0586. The predicted octanol–water partition coefficient (Wildman–Crippen LogP) is 2.51. The first-order valence-electron chi connectivity index (χ1n) is 10.8. The molecular formula is C24H25BF3N3O5. The van der Waals surface area contributed by atoms with Gasteiger partial charge >= 0.3 is 19.4 Å². The standard InChI is InChI=1S/C24H25BF3N3O5/c1-31(16-24(26,27)28)22(32)20(15-29)13-19-9-5-8-18(12-19)10-11-36-23(33)30-21(25(34)35)14-17-6-3-2-4-7-17/h2-9,12-13,21,34-35H,10-11,14,16H2,1H3,(H,30,33)/t21-/m0/s1. The molecule has 190 valence electrons. The largest absolute Gasteiger partial charge is 0.475 e. The molecule has 0 unspecified atom stereocenters. The molecule has 2 rings (SSSR count). The van der Waals surface area contributed by atoms with Crippen LogP contribution in [0, 0.1) is 11.3 Å². The molecule has 0 saturated heterocycles. The minimum Gasteiger partial charge on any atom is -0.449 e. The zero-order valence-electron chi connectivity index (χ0n) is 19.4. The van der Waals surface area contributed by atoms with Crippen LogP contribution in [0.2, 0.25) is 0 Å². The van der Waals surface area contributed by atoms with E-state index < -0.39 is 43.4 Å². The topological polar surface area (TPSA) is 123 Å². The Hall–Kier alpha value is -3.82. The number of hydrogen-bond acceptors (Lipinski definition) is 6. The molecule has 2 aromatic carbocycles. The summed E-state index contributed by atoms with van der Waals surface area (Å²) in [6.07, 6.45) is -3.81. The van der Waals surface area contributed by atoms with Crippen molar-refractivity contribution in [2.24, 2.45) is 0 Å². The number of rotatable bonds is 10. The summed E-state index contributed by atoms with van der Waals surface area (Å²) in [6, 6.07) is 17.1. The molecule has 0 aliphatic rings. The summed E-state index contributed by atoms with van der Waals surface area (Å²) in [6.45, 7) is -1.54. The van der Waals surface area contributed by atoms with Crippen molar-refractivity contribution in [3.8, 4) is 6.07 Å². The number of alkyl halides is 3. The molecule has 2 aromatic rings. The van der Waals surface area contributed by atoms with Gasteiger partial charge in [0.25, 0.3) is 5.91 Å². The van der Waals surface area contributed by atoms with Gasteiger partial charge in [0.05, 0.1) is 12.5 Å². The van der Waals surface area contributed by atoms with E-state index in [1.54, 1.807) is 54.6 Å². The van der Waals surface area contributed by atoms with Crippen molar-refractivity contribution in [3.63, 3.8) is 0 Å². The molecule has 0 aliphatic heterocycles. The fourth-order valence-electron chi connectivity index (χ4n) is 3.25. The van der Waals surface area contributed by atoms with Gasteiger partial charge in [-0.05, 0) is 29.2 Å². The maximum atomic E-state index is 12.5. The highest BCUT2D eigenvalue weighted by atomic mass is 19.4. The number of likely N-dealkylation sites (N-methyl/N-ethyl adjacent to an activating group) is 1. The van der Waals surface area contributed by atoms with E-state index in [1.165, 1.54) is 6.08 Å². The van der Waals surface area contributed by atoms with Crippen LogP contribution >= 0.6 is 0 Å². The molecule has 0 aromatic heterocycles. The number of halogens is 3. The molecule has 3 N–H and O–H groups in total. The summed E-state index contributed by atoms with van der Waals surface area (Å²) in [5.74, 6) is -2.04. The summed E-state index contributed by atoms with van der Waals surface area (Å²) in [5, 5.41) is 30.7. The quantitative estimate of drug-likeness (QED) is 0.260. The van der Waals surface area contributed by atoms with E-state index in [0.717, 1.165) is 12.6 Å². The summed E-state index contributed by atoms with van der Waals surface area (Å²) in [5.41, 5.74) is 1.42. The molecule has 36 heavy (non-hydrogen) atoms. The number of nitrogens with one attached hydrogen (secondary N) is 1. The summed E-state index contributed by atoms with van der Waals surface area (Å²) in [4.78, 5) is 24.7. The smallest absolute Gasteiger partial charge is 0.449 e. The Labute approximate surface area is 206 Å². The number of ether oxygens (including phenoxy) is 1. The SMILES string of the molecule is CN(CC(F)(F)F)C(=O)C(C#N)=Cc1cccc(CCOC(=O)N[C@@H](Cc2ccccc2)B(O)O)c1. The van der Waals surface area contributed by atoms with Crippen LogP contribution in [0.15, 0.2) is 60.2 Å². The molecule has 8 nitrogen and oxygen atoms in total. The lowest BCUT2D eigenvalue weighted by Crippen LogP contribution is -2.48. The summed E-state index contributed by atoms with van der Waals surface area (Å²) < 4.78 is 42.7. The van der Waals surface area contributed by atoms with Crippen LogP contribution in [-0.2, 0) is 22.4 Å². The third-order valence-electron chi connectivity index (χ3n) is 4.96. The van der Waals surface area contributed by atoms with Crippen LogP contribution in [0.5, 0.6) is 0 Å². The number of hydrogen-bond donors (Lipinski definition) is 3. The molecule has 2 amide bonds. The van der Waals surface area contributed by atoms with Gasteiger partial charge < -0.3 is 25.0 Å². The Morgan fingerprint density at radius 3 is 2.44 bits per heavy atom. The van der Waals surface area contributed by atoms with Crippen molar-refractivity contribution in [3.05, 3.63) is 76.9 Å². The van der Waals surface area contributed by atoms with Gasteiger partial charge in [0.1, 0.15) is 18.2 Å². The van der Waals surface area contributed by atoms with Crippen molar-refractivity contribution >= 4 is 25.2 Å². The lowest BCUT2D eigenvalue weighted by atomic mass is 9.76. The Kier molecular flexibility index (Phi) is 10.5. The number of carbonyl (C=O) groups is 2. The van der Waals surface area contributed by atoms with Gasteiger partial charge in [-0.25, -0.2) is 4.79 Å². The van der Waals surface area contributed by atoms with Gasteiger partial charge in [-0.3, -0.25) is 4.79 Å². The summed E-state index contributed by atoms with van der Waals surface area (Å²) in [7, 11) is -0.839. The Balaban J connectivity index is 1.94. The van der Waals surface area contributed by atoms with Gasteiger partial charge in [0.15, 0.2) is 0 Å². The Bertz CT molecular complexity index is 1100. The average molecular weight is 503 g/mol. The van der Waals surface area contributed by atoms with Crippen LogP contribution < -0.4 is 5.32 Å². The third kappa shape index (κ3) is 9.81. The molecule has 0 saturated carbocycles. The Morgan fingerprint density at radius 1 is 1.17 bits per heavy atom. The Morgan fingerprint density at radius 2 is 1.83 bits per heavy atom. The van der Waals surface area contributed by atoms with E-state index in [1.807, 2.05) is 6.07 Å². The molecule has 1 atom stereocenters. The molecule has 0 bridgehead atoms. The van der Waals surface area contributed by atoms with E-state index in [2.05, 4.69) is 5.32 Å². The first kappa shape index (κ1) is 28.4. The maximum Gasteiger partial charge on any atom is 0.475 e. The molecule has 0 aliphatic carbocycles. The minimum atomic E-state index is -4.59. The molecular weight excluding hydrogens is 478 g/mol. The molecule has 0 radical (unpaired) electrons. The maximum absolute atomic E-state index is 12.5. The van der Waals surface area contributed by atoms with E-state index in [4.69, 9.17) is 4.74 Å². The second-order valence-electron chi connectivity index (χ2n) is 7.93. The number of nitrogens with zero attached hydrogens (tertiary/aromatic N) is 2. The van der Waals surface area contributed by atoms with Gasteiger partial charge in [-0.2, -0.15) is 18.4 Å². The number of carbonyl (C=O) groups excluding carboxylic acids is 2. The van der Waals surface area contributed by atoms with E-state index in [0.29, 0.717) is 16.0 Å². The van der Waals surface area contributed by atoms with Crippen molar-refractivity contribution in [1.82, 2.24) is 10.2 Å². The van der Waals surface area contributed by atoms with Crippen molar-refractivity contribution < 1.29 is 37.5 Å². The van der Waals surface area contributed by atoms with Crippen LogP contribution in [0.1, 0.15) is 16.7 Å². The van der Waals surface area contributed by atoms with Gasteiger partial charge in [0.2, 0.25) is 0 Å². The average Bonchev–Trinajstić information content (AvgIpc) is 2.81. The molecule has 0 spiro atoms. The number of benzene rings is 2. The highest BCUT2D eigenvalue weighted by Gasteiger charge is 2.32. The summed E-state index contributed by atoms with van der Waals surface area (Å²) >= 11 is 0.